The maximum atomic E-state index is 12.0. The van der Waals surface area contributed by atoms with Crippen LogP contribution in [0.3, 0.4) is 0 Å². The van der Waals surface area contributed by atoms with Gasteiger partial charge in [-0.25, -0.2) is 8.42 Å². The molecule has 0 saturated carbocycles. The molecule has 0 spiro atoms. The Bertz CT molecular complexity index is 1060. The van der Waals surface area contributed by atoms with Gasteiger partial charge in [-0.15, -0.1) is 0 Å². The van der Waals surface area contributed by atoms with Crippen LogP contribution < -0.4 is 10.1 Å². The van der Waals surface area contributed by atoms with Gasteiger partial charge in [0.05, 0.1) is 4.90 Å². The van der Waals surface area contributed by atoms with Crippen molar-refractivity contribution in [3.8, 4) is 17.1 Å². The second kappa shape index (κ2) is 7.85. The molecular formula is C18H17N3O4S2. The SMILES string of the molecule is Cc1cccc(OCC(=O)Nc2nc(-c3ccc(S(C)(=O)=O)cc3)ns2)c1. The van der Waals surface area contributed by atoms with E-state index in [-0.39, 0.29) is 17.4 Å². The maximum absolute atomic E-state index is 12.0. The van der Waals surface area contributed by atoms with Crippen molar-refractivity contribution in [1.29, 1.82) is 0 Å². The molecule has 1 aromatic heterocycles. The number of carbonyl (C=O) groups is 1. The number of nitrogens with one attached hydrogen (secondary N) is 1. The molecule has 0 atom stereocenters. The first-order chi connectivity index (χ1) is 12.8. The van der Waals surface area contributed by atoms with Gasteiger partial charge >= 0.3 is 0 Å². The van der Waals surface area contributed by atoms with E-state index in [0.717, 1.165) is 23.4 Å². The highest BCUT2D eigenvalue weighted by molar-refractivity contribution is 7.90. The first-order valence-corrected chi connectivity index (χ1v) is 10.6. The monoisotopic (exact) mass is 403 g/mol. The first kappa shape index (κ1) is 19.0. The van der Waals surface area contributed by atoms with E-state index < -0.39 is 9.84 Å². The van der Waals surface area contributed by atoms with Crippen LogP contribution in [0.2, 0.25) is 0 Å². The zero-order valence-corrected chi connectivity index (χ0v) is 16.3. The van der Waals surface area contributed by atoms with Crippen LogP contribution >= 0.6 is 11.5 Å². The predicted molar refractivity (Wildman–Crippen MR) is 104 cm³/mol. The average Bonchev–Trinajstić information content (AvgIpc) is 3.08. The zero-order valence-electron chi connectivity index (χ0n) is 14.7. The molecule has 9 heteroatoms. The summed E-state index contributed by atoms with van der Waals surface area (Å²) in [6.07, 6.45) is 1.15. The molecule has 140 valence electrons. The Kier molecular flexibility index (Phi) is 5.52. The number of hydrogen-bond donors (Lipinski definition) is 1. The molecule has 0 aliphatic heterocycles. The molecule has 0 aliphatic carbocycles. The molecule has 0 fully saturated rings. The summed E-state index contributed by atoms with van der Waals surface area (Å²) in [5, 5.41) is 2.98. The Morgan fingerprint density at radius 2 is 1.93 bits per heavy atom. The molecule has 1 heterocycles. The third-order valence-electron chi connectivity index (χ3n) is 3.57. The summed E-state index contributed by atoms with van der Waals surface area (Å²) in [7, 11) is -3.25. The fraction of sp³-hybridized carbons (Fsp3) is 0.167. The van der Waals surface area contributed by atoms with Crippen molar-refractivity contribution in [3.05, 3.63) is 54.1 Å². The van der Waals surface area contributed by atoms with Gasteiger partial charge < -0.3 is 4.74 Å². The number of nitrogens with zero attached hydrogens (tertiary/aromatic N) is 2. The van der Waals surface area contributed by atoms with Gasteiger partial charge in [-0.2, -0.15) is 9.36 Å². The molecular weight excluding hydrogens is 386 g/mol. The lowest BCUT2D eigenvalue weighted by Gasteiger charge is -2.06. The van der Waals surface area contributed by atoms with Crippen LogP contribution in [0.25, 0.3) is 11.4 Å². The molecule has 7 nitrogen and oxygen atoms in total. The van der Waals surface area contributed by atoms with E-state index in [1.165, 1.54) is 12.1 Å². The van der Waals surface area contributed by atoms with Crippen molar-refractivity contribution in [3.63, 3.8) is 0 Å². The molecule has 1 N–H and O–H groups in total. The second-order valence-electron chi connectivity index (χ2n) is 5.87. The van der Waals surface area contributed by atoms with Crippen LogP contribution in [0.5, 0.6) is 5.75 Å². The van der Waals surface area contributed by atoms with Gasteiger partial charge in [0.15, 0.2) is 22.3 Å². The van der Waals surface area contributed by atoms with Crippen molar-refractivity contribution < 1.29 is 17.9 Å². The third kappa shape index (κ3) is 5.11. The summed E-state index contributed by atoms with van der Waals surface area (Å²) in [5.74, 6) is 0.690. The number of sulfone groups is 1. The predicted octanol–water partition coefficient (Wildman–Crippen LogP) is 2.93. The molecule has 2 aromatic carbocycles. The molecule has 0 aliphatic rings. The van der Waals surface area contributed by atoms with Crippen LogP contribution in [0, 0.1) is 6.92 Å². The van der Waals surface area contributed by atoms with Crippen LogP contribution in [0.1, 0.15) is 5.56 Å². The van der Waals surface area contributed by atoms with Gasteiger partial charge in [0.2, 0.25) is 5.13 Å². The first-order valence-electron chi connectivity index (χ1n) is 7.95. The number of hydrogen-bond acceptors (Lipinski definition) is 7. The number of anilines is 1. The van der Waals surface area contributed by atoms with Gasteiger partial charge in [-0.3, -0.25) is 10.1 Å². The van der Waals surface area contributed by atoms with Crippen molar-refractivity contribution >= 4 is 32.4 Å². The molecule has 0 saturated heterocycles. The second-order valence-corrected chi connectivity index (χ2v) is 8.64. The van der Waals surface area contributed by atoms with E-state index in [4.69, 9.17) is 4.74 Å². The highest BCUT2D eigenvalue weighted by atomic mass is 32.2. The van der Waals surface area contributed by atoms with Crippen molar-refractivity contribution in [2.75, 3.05) is 18.2 Å². The van der Waals surface area contributed by atoms with Crippen LogP contribution in [0.15, 0.2) is 53.4 Å². The minimum atomic E-state index is -3.25. The van der Waals surface area contributed by atoms with Crippen LogP contribution in [-0.4, -0.2) is 36.5 Å². The summed E-state index contributed by atoms with van der Waals surface area (Å²) in [5.41, 5.74) is 1.71. The van der Waals surface area contributed by atoms with Crippen LogP contribution in [0.4, 0.5) is 5.13 Å². The summed E-state index contributed by atoms with van der Waals surface area (Å²) in [4.78, 5) is 16.5. The topological polar surface area (TPSA) is 98.2 Å². The largest absolute Gasteiger partial charge is 0.484 e. The number of carbonyl (C=O) groups excluding carboxylic acids is 1. The van der Waals surface area contributed by atoms with Gasteiger partial charge in [-0.05, 0) is 48.9 Å². The Hall–Kier alpha value is -2.78. The van der Waals surface area contributed by atoms with Gasteiger partial charge in [-0.1, -0.05) is 12.1 Å². The maximum Gasteiger partial charge on any atom is 0.264 e. The lowest BCUT2D eigenvalue weighted by atomic mass is 10.2. The fourth-order valence-electron chi connectivity index (χ4n) is 2.25. The molecule has 0 unspecified atom stereocenters. The Morgan fingerprint density at radius 3 is 2.59 bits per heavy atom. The third-order valence-corrected chi connectivity index (χ3v) is 5.33. The highest BCUT2D eigenvalue weighted by Crippen LogP contribution is 2.22. The number of aromatic nitrogens is 2. The normalized spacial score (nSPS) is 11.2. The summed E-state index contributed by atoms with van der Waals surface area (Å²) >= 11 is 1.04. The van der Waals surface area contributed by atoms with Gasteiger partial charge in [0.25, 0.3) is 5.91 Å². The van der Waals surface area contributed by atoms with E-state index in [2.05, 4.69) is 14.7 Å². The number of ether oxygens (including phenoxy) is 1. The van der Waals surface area contributed by atoms with E-state index in [1.54, 1.807) is 18.2 Å². The van der Waals surface area contributed by atoms with Crippen molar-refractivity contribution in [1.82, 2.24) is 9.36 Å². The number of aryl methyl sites for hydroxylation is 1. The lowest BCUT2D eigenvalue weighted by Crippen LogP contribution is -2.20. The quantitative estimate of drug-likeness (QED) is 0.679. The summed E-state index contributed by atoms with van der Waals surface area (Å²) in [6, 6.07) is 13.7. The Labute approximate surface area is 161 Å². The Morgan fingerprint density at radius 1 is 1.19 bits per heavy atom. The van der Waals surface area contributed by atoms with Gasteiger partial charge in [0, 0.05) is 23.4 Å². The Balaban J connectivity index is 1.61. The molecule has 0 bridgehead atoms. The standard InChI is InChI=1S/C18H17N3O4S2/c1-12-4-3-5-14(10-12)25-11-16(22)19-18-20-17(21-26-18)13-6-8-15(9-7-13)27(2,23)24/h3-10H,11H2,1-2H3,(H,19,20,21,22). The van der Waals surface area contributed by atoms with Crippen LogP contribution in [-0.2, 0) is 14.6 Å². The van der Waals surface area contributed by atoms with E-state index in [0.29, 0.717) is 22.3 Å². The smallest absolute Gasteiger partial charge is 0.264 e. The number of rotatable bonds is 6. The summed E-state index contributed by atoms with van der Waals surface area (Å²) in [6.45, 7) is 1.81. The molecule has 3 aromatic rings. The number of benzene rings is 2. The molecule has 3 rings (SSSR count). The van der Waals surface area contributed by atoms with Gasteiger partial charge in [0.1, 0.15) is 5.75 Å². The fourth-order valence-corrected chi connectivity index (χ4v) is 3.49. The minimum absolute atomic E-state index is 0.137. The van der Waals surface area contributed by atoms with E-state index >= 15 is 0 Å². The van der Waals surface area contributed by atoms with E-state index in [9.17, 15) is 13.2 Å². The lowest BCUT2D eigenvalue weighted by molar-refractivity contribution is -0.118. The molecule has 0 radical (unpaired) electrons. The number of amides is 1. The summed E-state index contributed by atoms with van der Waals surface area (Å²) < 4.78 is 32.6. The average molecular weight is 403 g/mol. The molecule has 27 heavy (non-hydrogen) atoms. The van der Waals surface area contributed by atoms with E-state index in [1.807, 2.05) is 25.1 Å². The molecule has 1 amide bonds. The highest BCUT2D eigenvalue weighted by Gasteiger charge is 2.12. The minimum Gasteiger partial charge on any atom is -0.484 e. The van der Waals surface area contributed by atoms with Crippen molar-refractivity contribution in [2.45, 2.75) is 11.8 Å². The van der Waals surface area contributed by atoms with Crippen molar-refractivity contribution in [2.24, 2.45) is 0 Å². The zero-order chi connectivity index (χ0) is 19.4.